The number of hydrogen-bond acceptors (Lipinski definition) is 2. The maximum absolute atomic E-state index is 5.51. The van der Waals surface area contributed by atoms with E-state index >= 15 is 0 Å². The second-order valence-corrected chi connectivity index (χ2v) is 8.68. The molecule has 1 N–H and O–H groups in total. The topological polar surface area (TPSA) is 21.3 Å². The number of rotatable bonds is 8. The van der Waals surface area contributed by atoms with Gasteiger partial charge in [-0.1, -0.05) is 52.8 Å². The zero-order valence-electron chi connectivity index (χ0n) is 17.0. The van der Waals surface area contributed by atoms with Gasteiger partial charge in [0.1, 0.15) is 5.75 Å². The Hall–Kier alpha value is -1.28. The second-order valence-electron chi connectivity index (χ2n) is 8.68. The molecule has 0 aliphatic rings. The largest absolute Gasteiger partial charge is 0.496 e. The van der Waals surface area contributed by atoms with Crippen molar-refractivity contribution >= 4 is 6.08 Å². The average molecular weight is 332 g/mol. The van der Waals surface area contributed by atoms with Crippen LogP contribution in [0.3, 0.4) is 0 Å². The van der Waals surface area contributed by atoms with Crippen molar-refractivity contribution in [3.63, 3.8) is 0 Å². The van der Waals surface area contributed by atoms with Crippen molar-refractivity contribution < 1.29 is 4.74 Å². The van der Waals surface area contributed by atoms with Crippen LogP contribution >= 0.6 is 0 Å². The molecule has 0 saturated carbocycles. The number of allylic oxidation sites excluding steroid dienone is 1. The fraction of sp³-hybridized carbons (Fsp3) is 0.636. The molecule has 0 saturated heterocycles. The number of methoxy groups -OCH3 is 1. The molecule has 0 atom stereocenters. The SMILES string of the molecule is COc1ccc(C(C)(C)C)cc1C=CCCCC(C)(C)NC(C)C. The molecule has 1 aromatic carbocycles. The fourth-order valence-corrected chi connectivity index (χ4v) is 3.06. The van der Waals surface area contributed by atoms with E-state index < -0.39 is 0 Å². The van der Waals surface area contributed by atoms with Gasteiger partial charge in [0.15, 0.2) is 0 Å². The van der Waals surface area contributed by atoms with E-state index in [0.717, 1.165) is 12.2 Å². The number of nitrogens with one attached hydrogen (secondary N) is 1. The van der Waals surface area contributed by atoms with Gasteiger partial charge in [0, 0.05) is 17.1 Å². The van der Waals surface area contributed by atoms with Gasteiger partial charge in [-0.3, -0.25) is 0 Å². The van der Waals surface area contributed by atoms with Crippen LogP contribution in [0.5, 0.6) is 5.75 Å². The van der Waals surface area contributed by atoms with Crippen molar-refractivity contribution in [1.29, 1.82) is 0 Å². The Morgan fingerprint density at radius 3 is 2.33 bits per heavy atom. The minimum absolute atomic E-state index is 0.154. The Kier molecular flexibility index (Phi) is 7.54. The lowest BCUT2D eigenvalue weighted by molar-refractivity contribution is 0.326. The van der Waals surface area contributed by atoms with Crippen LogP contribution in [0.15, 0.2) is 24.3 Å². The van der Waals surface area contributed by atoms with Crippen LogP contribution in [0.1, 0.15) is 78.9 Å². The molecule has 0 spiro atoms. The quantitative estimate of drug-likeness (QED) is 0.594. The Morgan fingerprint density at radius 1 is 1.12 bits per heavy atom. The molecule has 1 aromatic rings. The number of unbranched alkanes of at least 4 members (excludes halogenated alkanes) is 1. The standard InChI is InChI=1S/C22H37NO/c1-17(2)23-22(6,7)15-11-9-10-12-18-16-19(21(3,4)5)13-14-20(18)24-8/h10,12-14,16-17,23H,9,11,15H2,1-8H3. The lowest BCUT2D eigenvalue weighted by atomic mass is 9.86. The van der Waals surface area contributed by atoms with E-state index in [9.17, 15) is 0 Å². The lowest BCUT2D eigenvalue weighted by Crippen LogP contribution is -2.43. The third-order valence-electron chi connectivity index (χ3n) is 4.25. The van der Waals surface area contributed by atoms with Gasteiger partial charge in [-0.2, -0.15) is 0 Å². The van der Waals surface area contributed by atoms with E-state index in [4.69, 9.17) is 4.74 Å². The fourth-order valence-electron chi connectivity index (χ4n) is 3.06. The van der Waals surface area contributed by atoms with Crippen molar-refractivity contribution in [2.45, 2.75) is 84.7 Å². The van der Waals surface area contributed by atoms with Crippen molar-refractivity contribution in [1.82, 2.24) is 5.32 Å². The molecule has 136 valence electrons. The summed E-state index contributed by atoms with van der Waals surface area (Å²) in [5.74, 6) is 0.945. The smallest absolute Gasteiger partial charge is 0.126 e. The first kappa shape index (κ1) is 20.8. The van der Waals surface area contributed by atoms with Crippen LogP contribution in [0, 0.1) is 0 Å². The summed E-state index contributed by atoms with van der Waals surface area (Å²) in [6, 6.07) is 7.02. The Morgan fingerprint density at radius 2 is 1.79 bits per heavy atom. The zero-order valence-corrected chi connectivity index (χ0v) is 17.0. The van der Waals surface area contributed by atoms with E-state index in [1.165, 1.54) is 24.0 Å². The normalized spacial score (nSPS) is 13.0. The van der Waals surface area contributed by atoms with Gasteiger partial charge < -0.3 is 10.1 Å². The molecule has 0 aromatic heterocycles. The molecule has 24 heavy (non-hydrogen) atoms. The molecule has 0 heterocycles. The van der Waals surface area contributed by atoms with Gasteiger partial charge in [-0.15, -0.1) is 0 Å². The molecule has 0 unspecified atom stereocenters. The van der Waals surface area contributed by atoms with E-state index in [2.05, 4.69) is 84.1 Å². The third kappa shape index (κ3) is 7.09. The summed E-state index contributed by atoms with van der Waals surface area (Å²) in [7, 11) is 1.74. The lowest BCUT2D eigenvalue weighted by Gasteiger charge is -2.28. The molecular formula is C22H37NO. The molecule has 0 bridgehead atoms. The number of ether oxygens (including phenoxy) is 1. The van der Waals surface area contributed by atoms with Gasteiger partial charge in [0.05, 0.1) is 7.11 Å². The summed E-state index contributed by atoms with van der Waals surface area (Å²) >= 11 is 0. The Balaban J connectivity index is 2.67. The maximum atomic E-state index is 5.51. The highest BCUT2D eigenvalue weighted by Gasteiger charge is 2.17. The second kappa shape index (κ2) is 8.71. The van der Waals surface area contributed by atoms with E-state index in [1.807, 2.05) is 0 Å². The van der Waals surface area contributed by atoms with Crippen molar-refractivity contribution in [3.05, 3.63) is 35.4 Å². The molecule has 0 aliphatic carbocycles. The van der Waals surface area contributed by atoms with Gasteiger partial charge in [0.2, 0.25) is 0 Å². The van der Waals surface area contributed by atoms with Crippen LogP contribution in [-0.2, 0) is 5.41 Å². The highest BCUT2D eigenvalue weighted by atomic mass is 16.5. The maximum Gasteiger partial charge on any atom is 0.126 e. The predicted molar refractivity (Wildman–Crippen MR) is 107 cm³/mol. The molecule has 0 aliphatic heterocycles. The minimum atomic E-state index is 0.154. The van der Waals surface area contributed by atoms with Crippen molar-refractivity contribution in [3.8, 4) is 5.75 Å². The molecule has 2 nitrogen and oxygen atoms in total. The summed E-state index contributed by atoms with van der Waals surface area (Å²) in [4.78, 5) is 0. The molecule has 0 amide bonds. The van der Waals surface area contributed by atoms with Crippen LogP contribution in [0.4, 0.5) is 0 Å². The first-order valence-corrected chi connectivity index (χ1v) is 9.18. The molecular weight excluding hydrogens is 294 g/mol. The molecule has 2 heteroatoms. The first-order valence-electron chi connectivity index (χ1n) is 9.18. The van der Waals surface area contributed by atoms with Gasteiger partial charge in [0.25, 0.3) is 0 Å². The van der Waals surface area contributed by atoms with E-state index in [0.29, 0.717) is 6.04 Å². The molecule has 0 fully saturated rings. The predicted octanol–water partition coefficient (Wildman–Crippen LogP) is 5.95. The van der Waals surface area contributed by atoms with Crippen LogP contribution in [-0.4, -0.2) is 18.7 Å². The molecule has 0 radical (unpaired) electrons. The summed E-state index contributed by atoms with van der Waals surface area (Å²) in [5, 5.41) is 3.63. The monoisotopic (exact) mass is 331 g/mol. The van der Waals surface area contributed by atoms with Gasteiger partial charge in [-0.05, 0) is 56.2 Å². The van der Waals surface area contributed by atoms with Crippen molar-refractivity contribution in [2.75, 3.05) is 7.11 Å². The van der Waals surface area contributed by atoms with Crippen molar-refractivity contribution in [2.24, 2.45) is 0 Å². The van der Waals surface area contributed by atoms with Crippen LogP contribution in [0.2, 0.25) is 0 Å². The number of hydrogen-bond donors (Lipinski definition) is 1. The summed E-state index contributed by atoms with van der Waals surface area (Å²) in [6.07, 6.45) is 7.93. The summed E-state index contributed by atoms with van der Waals surface area (Å²) in [6.45, 7) is 15.7. The summed E-state index contributed by atoms with van der Waals surface area (Å²) < 4.78 is 5.51. The third-order valence-corrected chi connectivity index (χ3v) is 4.25. The Bertz CT molecular complexity index is 535. The average Bonchev–Trinajstić information content (AvgIpc) is 2.44. The Labute approximate surface area is 149 Å². The van der Waals surface area contributed by atoms with Gasteiger partial charge >= 0.3 is 0 Å². The first-order chi connectivity index (χ1) is 11.0. The van der Waals surface area contributed by atoms with E-state index in [1.54, 1.807) is 7.11 Å². The van der Waals surface area contributed by atoms with Crippen LogP contribution in [0.25, 0.3) is 6.08 Å². The molecule has 1 rings (SSSR count). The van der Waals surface area contributed by atoms with Crippen LogP contribution < -0.4 is 10.1 Å². The minimum Gasteiger partial charge on any atom is -0.496 e. The number of benzene rings is 1. The zero-order chi connectivity index (χ0) is 18.4. The highest BCUT2D eigenvalue weighted by molar-refractivity contribution is 5.59. The summed E-state index contributed by atoms with van der Waals surface area (Å²) in [5.41, 5.74) is 2.86. The highest BCUT2D eigenvalue weighted by Crippen LogP contribution is 2.29. The van der Waals surface area contributed by atoms with Gasteiger partial charge in [-0.25, -0.2) is 0 Å². The van der Waals surface area contributed by atoms with E-state index in [-0.39, 0.29) is 11.0 Å².